The number of hydrogen-bond acceptors (Lipinski definition) is 3. The van der Waals surface area contributed by atoms with Gasteiger partial charge in [-0.15, -0.1) is 0 Å². The van der Waals surface area contributed by atoms with Gasteiger partial charge in [0, 0.05) is 11.9 Å². The molecular formula is C18H25FN4O2. The number of amides is 2. The van der Waals surface area contributed by atoms with Crippen LogP contribution in [0.5, 0.6) is 0 Å². The summed E-state index contributed by atoms with van der Waals surface area (Å²) in [7, 11) is 0. The average Bonchev–Trinajstić information content (AvgIpc) is 2.95. The molecule has 2 atom stereocenters. The van der Waals surface area contributed by atoms with Gasteiger partial charge in [-0.2, -0.15) is 5.10 Å². The first kappa shape index (κ1) is 18.9. The van der Waals surface area contributed by atoms with Gasteiger partial charge in [0.2, 0.25) is 5.91 Å². The number of hydrogen-bond donors (Lipinski definition) is 2. The Morgan fingerprint density at radius 1 is 1.32 bits per heavy atom. The van der Waals surface area contributed by atoms with Crippen LogP contribution >= 0.6 is 0 Å². The molecule has 0 bridgehead atoms. The average molecular weight is 348 g/mol. The minimum Gasteiger partial charge on any atom is -0.368 e. The van der Waals surface area contributed by atoms with Gasteiger partial charge in [-0.3, -0.25) is 14.3 Å². The Morgan fingerprint density at radius 3 is 2.60 bits per heavy atom. The van der Waals surface area contributed by atoms with Crippen LogP contribution in [0.3, 0.4) is 0 Å². The zero-order valence-electron chi connectivity index (χ0n) is 14.8. The second-order valence-electron chi connectivity index (χ2n) is 6.48. The standard InChI is InChI=1S/C18H25FN4O2/c1-4-12(19)9-10-23-14-8-6-5-7-13(14)16(22-23)18(25)21-15(11(2)3)17(20)24/h5-8,11-12,15H,4,9-10H2,1-3H3,(H2,20,24)(H,21,25)/t12-,15+/m0/s1. The highest BCUT2D eigenvalue weighted by atomic mass is 19.1. The Morgan fingerprint density at radius 2 is 2.00 bits per heavy atom. The van der Waals surface area contributed by atoms with Gasteiger partial charge in [-0.05, 0) is 24.8 Å². The van der Waals surface area contributed by atoms with Gasteiger partial charge >= 0.3 is 0 Å². The van der Waals surface area contributed by atoms with E-state index in [0.717, 1.165) is 5.52 Å². The van der Waals surface area contributed by atoms with Crippen LogP contribution in [0.1, 0.15) is 44.1 Å². The molecule has 0 fully saturated rings. The molecule has 0 saturated carbocycles. The Labute approximate surface area is 146 Å². The molecule has 0 aliphatic rings. The maximum Gasteiger partial charge on any atom is 0.273 e. The summed E-state index contributed by atoms with van der Waals surface area (Å²) in [6, 6.07) is 6.51. The Kier molecular flexibility index (Phi) is 6.12. The van der Waals surface area contributed by atoms with Crippen molar-refractivity contribution in [3.8, 4) is 0 Å². The molecule has 0 saturated heterocycles. The quantitative estimate of drug-likeness (QED) is 0.767. The molecule has 2 rings (SSSR count). The summed E-state index contributed by atoms with van der Waals surface area (Å²) in [5, 5.41) is 7.67. The van der Waals surface area contributed by atoms with Crippen molar-refractivity contribution >= 4 is 22.7 Å². The minimum absolute atomic E-state index is 0.133. The Bertz CT molecular complexity index is 757. The molecule has 2 amide bonds. The third kappa shape index (κ3) is 4.35. The summed E-state index contributed by atoms with van der Waals surface area (Å²) in [6.07, 6.45) is -0.124. The number of benzene rings is 1. The highest BCUT2D eigenvalue weighted by Gasteiger charge is 2.25. The van der Waals surface area contributed by atoms with Crippen LogP contribution < -0.4 is 11.1 Å². The molecule has 25 heavy (non-hydrogen) atoms. The predicted molar refractivity (Wildman–Crippen MR) is 94.8 cm³/mol. The van der Waals surface area contributed by atoms with E-state index in [2.05, 4.69) is 10.4 Å². The fourth-order valence-electron chi connectivity index (χ4n) is 2.71. The number of nitrogens with two attached hydrogens (primary N) is 1. The number of carbonyl (C=O) groups excluding carboxylic acids is 2. The lowest BCUT2D eigenvalue weighted by Crippen LogP contribution is -2.47. The first-order valence-corrected chi connectivity index (χ1v) is 8.54. The molecule has 3 N–H and O–H groups in total. The first-order valence-electron chi connectivity index (χ1n) is 8.54. The molecule has 136 valence electrons. The van der Waals surface area contributed by atoms with E-state index in [4.69, 9.17) is 5.73 Å². The van der Waals surface area contributed by atoms with Crippen molar-refractivity contribution < 1.29 is 14.0 Å². The van der Waals surface area contributed by atoms with Gasteiger partial charge in [0.1, 0.15) is 12.2 Å². The number of rotatable bonds is 8. The smallest absolute Gasteiger partial charge is 0.273 e. The minimum atomic E-state index is -0.902. The second-order valence-corrected chi connectivity index (χ2v) is 6.48. The highest BCUT2D eigenvalue weighted by molar-refractivity contribution is 6.06. The number of aromatic nitrogens is 2. The topological polar surface area (TPSA) is 90.0 Å². The molecule has 1 heterocycles. The molecular weight excluding hydrogens is 323 g/mol. The van der Waals surface area contributed by atoms with Crippen molar-refractivity contribution in [2.45, 2.75) is 52.4 Å². The van der Waals surface area contributed by atoms with E-state index in [-0.39, 0.29) is 11.6 Å². The molecule has 2 aromatic rings. The maximum absolute atomic E-state index is 13.6. The van der Waals surface area contributed by atoms with Crippen LogP contribution in [0.25, 0.3) is 10.9 Å². The fourth-order valence-corrected chi connectivity index (χ4v) is 2.71. The van der Waals surface area contributed by atoms with E-state index in [0.29, 0.717) is 24.8 Å². The second kappa shape index (κ2) is 8.09. The molecule has 0 spiro atoms. The molecule has 0 radical (unpaired) electrons. The largest absolute Gasteiger partial charge is 0.368 e. The van der Waals surface area contributed by atoms with Gasteiger partial charge in [-0.1, -0.05) is 39.0 Å². The summed E-state index contributed by atoms with van der Waals surface area (Å²) in [4.78, 5) is 24.1. The number of aryl methyl sites for hydroxylation is 1. The molecule has 1 aromatic carbocycles. The lowest BCUT2D eigenvalue weighted by molar-refractivity contribution is -0.120. The summed E-state index contributed by atoms with van der Waals surface area (Å²) < 4.78 is 15.2. The molecule has 6 nitrogen and oxygen atoms in total. The molecule has 7 heteroatoms. The summed E-state index contributed by atoms with van der Waals surface area (Å²) in [5.74, 6) is -1.18. The monoisotopic (exact) mass is 348 g/mol. The highest BCUT2D eigenvalue weighted by Crippen LogP contribution is 2.20. The third-order valence-electron chi connectivity index (χ3n) is 4.23. The SMILES string of the molecule is CC[C@H](F)CCn1nc(C(=O)N[C@@H](C(N)=O)C(C)C)c2ccccc21. The lowest BCUT2D eigenvalue weighted by Gasteiger charge is -2.18. The van der Waals surface area contributed by atoms with Crippen molar-refractivity contribution in [2.75, 3.05) is 0 Å². The molecule has 0 aliphatic heterocycles. The summed E-state index contributed by atoms with van der Waals surface area (Å²) >= 11 is 0. The zero-order valence-corrected chi connectivity index (χ0v) is 14.8. The van der Waals surface area contributed by atoms with Crippen LogP contribution in [0.2, 0.25) is 0 Å². The summed E-state index contributed by atoms with van der Waals surface area (Å²) in [5.41, 5.74) is 6.33. The van der Waals surface area contributed by atoms with Crippen molar-refractivity contribution in [1.29, 1.82) is 0 Å². The number of carbonyl (C=O) groups is 2. The van der Waals surface area contributed by atoms with Crippen LogP contribution in [-0.2, 0) is 11.3 Å². The maximum atomic E-state index is 13.6. The Balaban J connectivity index is 2.31. The van der Waals surface area contributed by atoms with Crippen molar-refractivity contribution in [1.82, 2.24) is 15.1 Å². The molecule has 1 aromatic heterocycles. The van der Waals surface area contributed by atoms with Crippen LogP contribution in [-0.4, -0.2) is 33.8 Å². The van der Waals surface area contributed by atoms with E-state index in [1.54, 1.807) is 31.5 Å². The number of fused-ring (bicyclic) bond motifs is 1. The van der Waals surface area contributed by atoms with Gasteiger partial charge in [0.25, 0.3) is 5.91 Å². The normalized spacial score (nSPS) is 13.8. The van der Waals surface area contributed by atoms with E-state index in [1.807, 2.05) is 18.2 Å². The van der Waals surface area contributed by atoms with Crippen molar-refractivity contribution in [2.24, 2.45) is 11.7 Å². The zero-order chi connectivity index (χ0) is 18.6. The van der Waals surface area contributed by atoms with Crippen molar-refractivity contribution in [3.63, 3.8) is 0 Å². The van der Waals surface area contributed by atoms with Gasteiger partial charge in [0.15, 0.2) is 5.69 Å². The predicted octanol–water partition coefficient (Wildman–Crippen LogP) is 2.41. The van der Waals surface area contributed by atoms with Crippen molar-refractivity contribution in [3.05, 3.63) is 30.0 Å². The molecule has 0 unspecified atom stereocenters. The van der Waals surface area contributed by atoms with Crippen LogP contribution in [0, 0.1) is 5.92 Å². The number of alkyl halides is 1. The van der Waals surface area contributed by atoms with E-state index in [1.165, 1.54) is 0 Å². The number of halogens is 1. The number of nitrogens with zero attached hydrogens (tertiary/aromatic N) is 2. The van der Waals surface area contributed by atoms with Gasteiger partial charge < -0.3 is 11.1 Å². The lowest BCUT2D eigenvalue weighted by atomic mass is 10.0. The van der Waals surface area contributed by atoms with E-state index >= 15 is 0 Å². The first-order chi connectivity index (χ1) is 11.8. The Hall–Kier alpha value is -2.44. The molecule has 0 aliphatic carbocycles. The van der Waals surface area contributed by atoms with E-state index in [9.17, 15) is 14.0 Å². The van der Waals surface area contributed by atoms with Crippen LogP contribution in [0.15, 0.2) is 24.3 Å². The fraction of sp³-hybridized carbons (Fsp3) is 0.500. The summed E-state index contributed by atoms with van der Waals surface area (Å²) in [6.45, 7) is 5.78. The number of primary amides is 1. The van der Waals surface area contributed by atoms with Gasteiger partial charge in [0.05, 0.1) is 5.52 Å². The van der Waals surface area contributed by atoms with E-state index < -0.39 is 24.0 Å². The third-order valence-corrected chi connectivity index (χ3v) is 4.23. The number of nitrogens with one attached hydrogen (secondary N) is 1. The van der Waals surface area contributed by atoms with Gasteiger partial charge in [-0.25, -0.2) is 4.39 Å². The van der Waals surface area contributed by atoms with Crippen LogP contribution in [0.4, 0.5) is 4.39 Å². The number of para-hydroxylation sites is 1.